The molecule has 3 rings (SSSR count). The van der Waals surface area contributed by atoms with Gasteiger partial charge < -0.3 is 10.1 Å². The SMILES string of the molecule is CCCCCOc1ccc(Nc2ccc(N3C(=O)CCC3=O)cc2[N+](=O)[O-])cc1. The summed E-state index contributed by atoms with van der Waals surface area (Å²) in [5, 5.41) is 14.5. The van der Waals surface area contributed by atoms with Crippen molar-refractivity contribution in [2.24, 2.45) is 0 Å². The summed E-state index contributed by atoms with van der Waals surface area (Å²) in [6.07, 6.45) is 3.49. The van der Waals surface area contributed by atoms with Gasteiger partial charge in [0.2, 0.25) is 11.8 Å². The number of benzene rings is 2. The molecular weight excluding hydrogens is 374 g/mol. The number of carbonyl (C=O) groups excluding carboxylic acids is 2. The second-order valence-corrected chi connectivity index (χ2v) is 6.79. The molecule has 2 aromatic carbocycles. The van der Waals surface area contributed by atoms with Gasteiger partial charge in [-0.2, -0.15) is 0 Å². The first-order chi connectivity index (χ1) is 14.0. The molecule has 0 atom stereocenters. The van der Waals surface area contributed by atoms with Crippen LogP contribution in [0.15, 0.2) is 42.5 Å². The van der Waals surface area contributed by atoms with Crippen molar-refractivity contribution < 1.29 is 19.2 Å². The first kappa shape index (κ1) is 20.3. The van der Waals surface area contributed by atoms with Crippen LogP contribution in [-0.4, -0.2) is 23.3 Å². The van der Waals surface area contributed by atoms with Crippen LogP contribution in [0.1, 0.15) is 39.0 Å². The monoisotopic (exact) mass is 397 g/mol. The van der Waals surface area contributed by atoms with E-state index in [-0.39, 0.29) is 41.7 Å². The standard InChI is InChI=1S/C21H23N3O5/c1-2-3-4-13-29-17-8-5-15(6-9-17)22-18-10-7-16(14-19(18)24(27)28)23-20(25)11-12-21(23)26/h5-10,14,22H,2-4,11-13H2,1H3. The lowest BCUT2D eigenvalue weighted by Crippen LogP contribution is -2.28. The molecular formula is C21H23N3O5. The zero-order chi connectivity index (χ0) is 20.8. The van der Waals surface area contributed by atoms with E-state index in [2.05, 4.69) is 12.2 Å². The number of nitrogens with one attached hydrogen (secondary N) is 1. The van der Waals surface area contributed by atoms with Crippen LogP contribution in [0, 0.1) is 10.1 Å². The number of anilines is 3. The van der Waals surface area contributed by atoms with Gasteiger partial charge >= 0.3 is 0 Å². The molecule has 0 radical (unpaired) electrons. The number of hydrogen-bond acceptors (Lipinski definition) is 6. The smallest absolute Gasteiger partial charge is 0.294 e. The summed E-state index contributed by atoms with van der Waals surface area (Å²) >= 11 is 0. The number of ether oxygens (including phenoxy) is 1. The fourth-order valence-corrected chi connectivity index (χ4v) is 3.11. The van der Waals surface area contributed by atoms with Crippen LogP contribution in [0.25, 0.3) is 0 Å². The highest BCUT2D eigenvalue weighted by atomic mass is 16.6. The lowest BCUT2D eigenvalue weighted by atomic mass is 10.2. The zero-order valence-corrected chi connectivity index (χ0v) is 16.2. The maximum absolute atomic E-state index is 11.9. The molecule has 1 saturated heterocycles. The van der Waals surface area contributed by atoms with Crippen LogP contribution in [0.4, 0.5) is 22.7 Å². The van der Waals surface area contributed by atoms with Crippen molar-refractivity contribution in [3.05, 3.63) is 52.6 Å². The summed E-state index contributed by atoms with van der Waals surface area (Å²) in [5.41, 5.74) is 0.935. The van der Waals surface area contributed by atoms with Crippen LogP contribution < -0.4 is 15.0 Å². The first-order valence-electron chi connectivity index (χ1n) is 9.63. The van der Waals surface area contributed by atoms with Crippen LogP contribution in [0.5, 0.6) is 5.75 Å². The van der Waals surface area contributed by atoms with Crippen LogP contribution in [0.2, 0.25) is 0 Å². The molecule has 1 fully saturated rings. The molecule has 0 aromatic heterocycles. The van der Waals surface area contributed by atoms with Gasteiger partial charge in [0.1, 0.15) is 11.4 Å². The van der Waals surface area contributed by atoms with Gasteiger partial charge in [-0.1, -0.05) is 19.8 Å². The van der Waals surface area contributed by atoms with Crippen molar-refractivity contribution in [1.29, 1.82) is 0 Å². The quantitative estimate of drug-likeness (QED) is 0.288. The lowest BCUT2D eigenvalue weighted by molar-refractivity contribution is -0.383. The molecule has 0 saturated carbocycles. The van der Waals surface area contributed by atoms with Gasteiger partial charge in [-0.3, -0.25) is 24.6 Å². The Kier molecular flexibility index (Phi) is 6.43. The van der Waals surface area contributed by atoms with Gasteiger partial charge in [0.25, 0.3) is 5.69 Å². The fourth-order valence-electron chi connectivity index (χ4n) is 3.11. The van der Waals surface area contributed by atoms with E-state index >= 15 is 0 Å². The fraction of sp³-hybridized carbons (Fsp3) is 0.333. The van der Waals surface area contributed by atoms with Crippen molar-refractivity contribution in [3.8, 4) is 5.75 Å². The van der Waals surface area contributed by atoms with E-state index in [0.717, 1.165) is 29.9 Å². The number of carbonyl (C=O) groups is 2. The van der Waals surface area contributed by atoms with Crippen molar-refractivity contribution in [1.82, 2.24) is 0 Å². The molecule has 0 unspecified atom stereocenters. The van der Waals surface area contributed by atoms with Crippen molar-refractivity contribution in [2.75, 3.05) is 16.8 Å². The highest BCUT2D eigenvalue weighted by Crippen LogP contribution is 2.34. The second kappa shape index (κ2) is 9.18. The molecule has 2 aromatic rings. The summed E-state index contributed by atoms with van der Waals surface area (Å²) in [4.78, 5) is 35.8. The lowest BCUT2D eigenvalue weighted by Gasteiger charge is -2.15. The number of amides is 2. The zero-order valence-electron chi connectivity index (χ0n) is 16.2. The third-order valence-corrected chi connectivity index (χ3v) is 4.64. The summed E-state index contributed by atoms with van der Waals surface area (Å²) < 4.78 is 5.66. The van der Waals surface area contributed by atoms with E-state index in [9.17, 15) is 19.7 Å². The first-order valence-corrected chi connectivity index (χ1v) is 9.63. The topological polar surface area (TPSA) is 102 Å². The Bertz CT molecular complexity index is 895. The van der Waals surface area contributed by atoms with Crippen molar-refractivity contribution >= 4 is 34.6 Å². The number of nitrogens with zero attached hydrogens (tertiary/aromatic N) is 2. The van der Waals surface area contributed by atoms with E-state index in [1.54, 1.807) is 24.3 Å². The van der Waals surface area contributed by atoms with Gasteiger partial charge in [-0.15, -0.1) is 0 Å². The molecule has 8 nitrogen and oxygen atoms in total. The molecule has 152 valence electrons. The van der Waals surface area contributed by atoms with Gasteiger partial charge in [0, 0.05) is 24.6 Å². The van der Waals surface area contributed by atoms with E-state index < -0.39 is 4.92 Å². The summed E-state index contributed by atoms with van der Waals surface area (Å²) in [5.74, 6) is 0.0432. The number of rotatable bonds is 9. The Morgan fingerprint density at radius 2 is 1.76 bits per heavy atom. The Balaban J connectivity index is 1.74. The minimum atomic E-state index is -0.540. The van der Waals surface area contributed by atoms with E-state index in [4.69, 9.17) is 4.74 Å². The summed E-state index contributed by atoms with van der Waals surface area (Å²) in [7, 11) is 0. The largest absolute Gasteiger partial charge is 0.494 e. The average Bonchev–Trinajstić information content (AvgIpc) is 3.05. The van der Waals surface area contributed by atoms with Crippen LogP contribution in [-0.2, 0) is 9.59 Å². The van der Waals surface area contributed by atoms with Crippen LogP contribution in [0.3, 0.4) is 0 Å². The third-order valence-electron chi connectivity index (χ3n) is 4.64. The molecule has 0 spiro atoms. The number of nitro groups is 1. The Hall–Kier alpha value is -3.42. The van der Waals surface area contributed by atoms with Gasteiger partial charge in [-0.25, -0.2) is 0 Å². The van der Waals surface area contributed by atoms with E-state index in [0.29, 0.717) is 12.3 Å². The molecule has 0 aliphatic carbocycles. The molecule has 2 amide bonds. The summed E-state index contributed by atoms with van der Waals surface area (Å²) in [6, 6.07) is 11.4. The number of nitro benzene ring substituents is 1. The number of unbranched alkanes of at least 4 members (excludes halogenated alkanes) is 2. The van der Waals surface area contributed by atoms with Gasteiger partial charge in [0.15, 0.2) is 0 Å². The van der Waals surface area contributed by atoms with Gasteiger partial charge in [-0.05, 0) is 42.8 Å². The molecule has 1 heterocycles. The van der Waals surface area contributed by atoms with Gasteiger partial charge in [0.05, 0.1) is 17.2 Å². The van der Waals surface area contributed by atoms with E-state index in [1.807, 2.05) is 0 Å². The highest BCUT2D eigenvalue weighted by molar-refractivity contribution is 6.20. The Morgan fingerprint density at radius 1 is 1.07 bits per heavy atom. The van der Waals surface area contributed by atoms with E-state index in [1.165, 1.54) is 18.2 Å². The minimum absolute atomic E-state index is 0.125. The minimum Gasteiger partial charge on any atom is -0.494 e. The average molecular weight is 397 g/mol. The molecule has 0 bridgehead atoms. The summed E-state index contributed by atoms with van der Waals surface area (Å²) in [6.45, 7) is 2.79. The maximum Gasteiger partial charge on any atom is 0.294 e. The van der Waals surface area contributed by atoms with Crippen LogP contribution >= 0.6 is 0 Å². The third kappa shape index (κ3) is 4.90. The van der Waals surface area contributed by atoms with Crippen molar-refractivity contribution in [2.45, 2.75) is 39.0 Å². The molecule has 8 heteroatoms. The predicted molar refractivity (Wildman–Crippen MR) is 110 cm³/mol. The maximum atomic E-state index is 11.9. The Morgan fingerprint density at radius 3 is 2.38 bits per heavy atom. The molecule has 1 aliphatic rings. The second-order valence-electron chi connectivity index (χ2n) is 6.79. The number of hydrogen-bond donors (Lipinski definition) is 1. The predicted octanol–water partition coefficient (Wildman–Crippen LogP) is 4.56. The highest BCUT2D eigenvalue weighted by Gasteiger charge is 2.31. The van der Waals surface area contributed by atoms with Crippen molar-refractivity contribution in [3.63, 3.8) is 0 Å². The number of imide groups is 1. The normalized spacial score (nSPS) is 13.6. The molecule has 29 heavy (non-hydrogen) atoms. The molecule has 1 aliphatic heterocycles. The Labute approximate surface area is 168 Å². The molecule has 1 N–H and O–H groups in total.